The van der Waals surface area contributed by atoms with Gasteiger partial charge in [-0.25, -0.2) is 29.3 Å². The lowest BCUT2D eigenvalue weighted by atomic mass is 10.9. The molecule has 21 heavy (non-hydrogen) atoms. The summed E-state index contributed by atoms with van der Waals surface area (Å²) < 4.78 is 4.04. The highest BCUT2D eigenvalue weighted by Crippen LogP contribution is 1.70. The number of carbonyl (C=O) groups excluding carboxylic acids is 5. The number of nitrogens with one attached hydrogen (secondary N) is 2. The SMILES string of the molecule is C#C.COC(=O)NC(=O)NC(N)=O.NC(N)=O.NC(N)=O. The molecule has 0 aromatic rings. The van der Waals surface area contributed by atoms with E-state index in [2.05, 4.69) is 46.3 Å². The van der Waals surface area contributed by atoms with E-state index in [9.17, 15) is 14.4 Å². The molecule has 0 aromatic heterocycles. The molecular formula is C8H17N7O6. The van der Waals surface area contributed by atoms with Gasteiger partial charge < -0.3 is 33.4 Å². The number of nitrogens with two attached hydrogens (primary N) is 5. The van der Waals surface area contributed by atoms with Crippen molar-refractivity contribution < 1.29 is 28.7 Å². The molecule has 0 unspecified atom stereocenters. The summed E-state index contributed by atoms with van der Waals surface area (Å²) >= 11 is 0. The summed E-state index contributed by atoms with van der Waals surface area (Å²) in [7, 11) is 1.08. The van der Waals surface area contributed by atoms with Crippen LogP contribution in [0, 0.1) is 12.8 Å². The Kier molecular flexibility index (Phi) is 23.1. The van der Waals surface area contributed by atoms with Gasteiger partial charge in [0, 0.05) is 0 Å². The van der Waals surface area contributed by atoms with Crippen LogP contribution in [0.25, 0.3) is 0 Å². The largest absolute Gasteiger partial charge is 0.453 e. The van der Waals surface area contributed by atoms with Crippen molar-refractivity contribution in [2.45, 2.75) is 0 Å². The van der Waals surface area contributed by atoms with Crippen molar-refractivity contribution in [2.75, 3.05) is 7.11 Å². The van der Waals surface area contributed by atoms with Gasteiger partial charge in [0.25, 0.3) is 0 Å². The molecule has 12 N–H and O–H groups in total. The Morgan fingerprint density at radius 1 is 0.810 bits per heavy atom. The van der Waals surface area contributed by atoms with E-state index in [0.717, 1.165) is 7.11 Å². The van der Waals surface area contributed by atoms with Crippen molar-refractivity contribution in [3.05, 3.63) is 0 Å². The first-order chi connectivity index (χ1) is 9.52. The third-order valence-corrected chi connectivity index (χ3v) is 0.638. The van der Waals surface area contributed by atoms with Crippen LogP contribution in [0.4, 0.5) is 24.0 Å². The number of hydrogen-bond acceptors (Lipinski definition) is 6. The van der Waals surface area contributed by atoms with Crippen molar-refractivity contribution in [1.82, 2.24) is 10.6 Å². The van der Waals surface area contributed by atoms with E-state index in [1.807, 2.05) is 0 Å². The van der Waals surface area contributed by atoms with E-state index in [1.165, 1.54) is 0 Å². The lowest BCUT2D eigenvalue weighted by Gasteiger charge is -2.00. The number of hydrogen-bond donors (Lipinski definition) is 7. The lowest BCUT2D eigenvalue weighted by Crippen LogP contribution is -2.44. The van der Waals surface area contributed by atoms with Gasteiger partial charge in [-0.15, -0.1) is 12.8 Å². The number of amides is 9. The zero-order chi connectivity index (χ0) is 18.0. The fourth-order valence-corrected chi connectivity index (χ4v) is 0.287. The zero-order valence-corrected chi connectivity index (χ0v) is 11.0. The Labute approximate surface area is 119 Å². The molecule has 0 radical (unpaired) electrons. The monoisotopic (exact) mass is 307 g/mol. The van der Waals surface area contributed by atoms with Crippen LogP contribution in [-0.2, 0) is 4.74 Å². The summed E-state index contributed by atoms with van der Waals surface area (Å²) in [4.78, 5) is 48.6. The predicted octanol–water partition coefficient (Wildman–Crippen LogP) is -2.57. The Hall–Kier alpha value is -3.69. The zero-order valence-electron chi connectivity index (χ0n) is 11.0. The number of rotatable bonds is 0. The summed E-state index contributed by atoms with van der Waals surface area (Å²) in [6.07, 6.45) is 7.03. The minimum absolute atomic E-state index is 0.833. The van der Waals surface area contributed by atoms with Crippen LogP contribution >= 0.6 is 0 Å². The molecule has 0 saturated heterocycles. The van der Waals surface area contributed by atoms with E-state index >= 15 is 0 Å². The van der Waals surface area contributed by atoms with Crippen molar-refractivity contribution in [1.29, 1.82) is 0 Å². The molecule has 0 rings (SSSR count). The van der Waals surface area contributed by atoms with Gasteiger partial charge in [-0.2, -0.15) is 0 Å². The molecule has 13 nitrogen and oxygen atoms in total. The third kappa shape index (κ3) is 83.9. The summed E-state index contributed by atoms with van der Waals surface area (Å²) in [6, 6.07) is -3.74. The lowest BCUT2D eigenvalue weighted by molar-refractivity contribution is 0.170. The Balaban J connectivity index is -0.000000119. The van der Waals surface area contributed by atoms with Crippen LogP contribution in [-0.4, -0.2) is 37.3 Å². The molecule has 13 heteroatoms. The molecule has 0 spiro atoms. The van der Waals surface area contributed by atoms with Gasteiger partial charge in [-0.05, 0) is 0 Å². The Morgan fingerprint density at radius 3 is 1.29 bits per heavy atom. The highest BCUT2D eigenvalue weighted by Gasteiger charge is 2.07. The molecular weight excluding hydrogens is 290 g/mol. The summed E-state index contributed by atoms with van der Waals surface area (Å²) in [5.74, 6) is 0. The number of methoxy groups -OCH3 is 1. The topological polar surface area (TPSA) is 249 Å². The number of urea groups is 4. The maximum atomic E-state index is 10.4. The van der Waals surface area contributed by atoms with Gasteiger partial charge in [-0.1, -0.05) is 0 Å². The second-order valence-corrected chi connectivity index (χ2v) is 2.24. The molecule has 0 bridgehead atoms. The fourth-order valence-electron chi connectivity index (χ4n) is 0.287. The van der Waals surface area contributed by atoms with E-state index in [4.69, 9.17) is 9.59 Å². The third-order valence-electron chi connectivity index (χ3n) is 0.638. The molecule has 0 aliphatic carbocycles. The quantitative estimate of drug-likeness (QED) is 0.236. The molecule has 0 aliphatic heterocycles. The van der Waals surface area contributed by atoms with E-state index in [-0.39, 0.29) is 0 Å². The van der Waals surface area contributed by atoms with Crippen LogP contribution in [0.15, 0.2) is 0 Å². The van der Waals surface area contributed by atoms with Crippen molar-refractivity contribution in [3.63, 3.8) is 0 Å². The first-order valence-electron chi connectivity index (χ1n) is 4.41. The number of primary amides is 5. The summed E-state index contributed by atoms with van der Waals surface area (Å²) in [5.41, 5.74) is 21.5. The molecule has 0 saturated carbocycles. The fraction of sp³-hybridized carbons (Fsp3) is 0.125. The Morgan fingerprint density at radius 2 is 1.10 bits per heavy atom. The molecule has 0 aromatic carbocycles. The summed E-state index contributed by atoms with van der Waals surface area (Å²) in [5, 5.41) is 3.24. The molecule has 0 heterocycles. The van der Waals surface area contributed by atoms with Crippen LogP contribution < -0.4 is 39.3 Å². The van der Waals surface area contributed by atoms with Gasteiger partial charge in [-0.3, -0.25) is 5.32 Å². The smallest absolute Gasteiger partial charge is 0.415 e. The molecule has 0 atom stereocenters. The second kappa shape index (κ2) is 18.7. The van der Waals surface area contributed by atoms with Gasteiger partial charge in [0.15, 0.2) is 0 Å². The van der Waals surface area contributed by atoms with E-state index in [0.29, 0.717) is 0 Å². The van der Waals surface area contributed by atoms with Crippen LogP contribution in [0.2, 0.25) is 0 Å². The minimum Gasteiger partial charge on any atom is -0.453 e. The van der Waals surface area contributed by atoms with Gasteiger partial charge >= 0.3 is 30.2 Å². The standard InChI is InChI=1S/C4H7N3O4.C2H2.2CH4N2O/c1-11-4(10)7-3(9)6-2(5)8;1-2;2*2-1(3)4/h1H3,(H4,5,6,7,8,9,10);1-2H;2*(H4,2,3,4). The van der Waals surface area contributed by atoms with Crippen molar-refractivity contribution >= 4 is 30.2 Å². The normalized spacial score (nSPS) is 6.62. The van der Waals surface area contributed by atoms with Gasteiger partial charge in [0.1, 0.15) is 0 Å². The van der Waals surface area contributed by atoms with Gasteiger partial charge in [0.05, 0.1) is 7.11 Å². The van der Waals surface area contributed by atoms with Gasteiger partial charge in [0.2, 0.25) is 0 Å². The van der Waals surface area contributed by atoms with E-state index in [1.54, 1.807) is 10.6 Å². The van der Waals surface area contributed by atoms with Crippen LogP contribution in [0.5, 0.6) is 0 Å². The van der Waals surface area contributed by atoms with Crippen molar-refractivity contribution in [3.8, 4) is 12.8 Å². The number of ether oxygens (including phenoxy) is 1. The highest BCUT2D eigenvalue weighted by molar-refractivity contribution is 5.99. The average Bonchev–Trinajstić information content (AvgIpc) is 2.28. The minimum atomic E-state index is -1.05. The predicted molar refractivity (Wildman–Crippen MR) is 71.1 cm³/mol. The number of imide groups is 2. The molecule has 9 amide bonds. The second-order valence-electron chi connectivity index (χ2n) is 2.24. The molecule has 0 aliphatic rings. The molecule has 120 valence electrons. The first-order valence-corrected chi connectivity index (χ1v) is 4.41. The number of carbonyl (C=O) groups is 5. The van der Waals surface area contributed by atoms with Crippen LogP contribution in [0.1, 0.15) is 0 Å². The summed E-state index contributed by atoms with van der Waals surface area (Å²) in [6.45, 7) is 0. The van der Waals surface area contributed by atoms with Crippen molar-refractivity contribution in [2.24, 2.45) is 28.7 Å². The molecule has 0 fully saturated rings. The van der Waals surface area contributed by atoms with E-state index < -0.39 is 30.2 Å². The number of terminal acetylenes is 1. The number of alkyl carbamates (subject to hydrolysis) is 1. The average molecular weight is 307 g/mol. The maximum Gasteiger partial charge on any atom is 0.415 e. The Bertz CT molecular complexity index is 361. The maximum absolute atomic E-state index is 10.4. The van der Waals surface area contributed by atoms with Crippen LogP contribution in [0.3, 0.4) is 0 Å². The first kappa shape index (κ1) is 26.0. The highest BCUT2D eigenvalue weighted by atomic mass is 16.5.